The van der Waals surface area contributed by atoms with E-state index in [1.807, 2.05) is 6.07 Å². The molecule has 0 bridgehead atoms. The van der Waals surface area contributed by atoms with E-state index in [0.717, 1.165) is 11.5 Å². The molecule has 0 atom stereocenters. The third-order valence-corrected chi connectivity index (χ3v) is 3.81. The Morgan fingerprint density at radius 3 is 2.50 bits per heavy atom. The lowest BCUT2D eigenvalue weighted by Gasteiger charge is -2.07. The SMILES string of the molecule is CC1(C)COC(c2ccccc2-c2cccs2)=N1. The van der Waals surface area contributed by atoms with Crippen molar-refractivity contribution in [3.63, 3.8) is 0 Å². The minimum absolute atomic E-state index is 0.113. The van der Waals surface area contributed by atoms with Crippen LogP contribution in [-0.2, 0) is 4.74 Å². The summed E-state index contributed by atoms with van der Waals surface area (Å²) < 4.78 is 5.75. The summed E-state index contributed by atoms with van der Waals surface area (Å²) >= 11 is 1.74. The first kappa shape index (κ1) is 11.5. The summed E-state index contributed by atoms with van der Waals surface area (Å²) in [5.74, 6) is 0.768. The molecular weight excluding hydrogens is 242 g/mol. The molecule has 1 aliphatic heterocycles. The topological polar surface area (TPSA) is 21.6 Å². The molecule has 1 aromatic carbocycles. The third kappa shape index (κ3) is 2.06. The van der Waals surface area contributed by atoms with E-state index >= 15 is 0 Å². The van der Waals surface area contributed by atoms with E-state index in [0.29, 0.717) is 6.61 Å². The van der Waals surface area contributed by atoms with Crippen molar-refractivity contribution in [3.05, 3.63) is 47.3 Å². The van der Waals surface area contributed by atoms with E-state index in [9.17, 15) is 0 Å². The largest absolute Gasteiger partial charge is 0.475 e. The van der Waals surface area contributed by atoms with E-state index < -0.39 is 0 Å². The highest BCUT2D eigenvalue weighted by Crippen LogP contribution is 2.31. The van der Waals surface area contributed by atoms with Gasteiger partial charge in [0, 0.05) is 16.0 Å². The van der Waals surface area contributed by atoms with Crippen molar-refractivity contribution in [2.45, 2.75) is 19.4 Å². The highest BCUT2D eigenvalue weighted by Gasteiger charge is 2.28. The minimum atomic E-state index is -0.113. The number of aliphatic imine (C=N–C) groups is 1. The summed E-state index contributed by atoms with van der Waals surface area (Å²) in [5, 5.41) is 2.09. The van der Waals surface area contributed by atoms with Gasteiger partial charge < -0.3 is 4.74 Å². The second-order valence-corrected chi connectivity index (χ2v) is 5.99. The number of rotatable bonds is 2. The summed E-state index contributed by atoms with van der Waals surface area (Å²) in [4.78, 5) is 5.91. The van der Waals surface area contributed by atoms with E-state index in [4.69, 9.17) is 4.74 Å². The van der Waals surface area contributed by atoms with Gasteiger partial charge in [0.25, 0.3) is 0 Å². The second kappa shape index (κ2) is 4.25. The number of benzene rings is 1. The van der Waals surface area contributed by atoms with Gasteiger partial charge in [-0.2, -0.15) is 0 Å². The van der Waals surface area contributed by atoms with Crippen LogP contribution < -0.4 is 0 Å². The zero-order valence-electron chi connectivity index (χ0n) is 10.5. The molecule has 2 nitrogen and oxygen atoms in total. The summed E-state index contributed by atoms with van der Waals surface area (Å²) in [7, 11) is 0. The average molecular weight is 257 g/mol. The average Bonchev–Trinajstić information content (AvgIpc) is 2.98. The first-order valence-electron chi connectivity index (χ1n) is 6.02. The molecule has 1 aromatic heterocycles. The van der Waals surface area contributed by atoms with Crippen LogP contribution in [0.2, 0.25) is 0 Å². The minimum Gasteiger partial charge on any atom is -0.475 e. The number of hydrogen-bond donors (Lipinski definition) is 0. The highest BCUT2D eigenvalue weighted by molar-refractivity contribution is 7.13. The Morgan fingerprint density at radius 2 is 1.89 bits per heavy atom. The third-order valence-electron chi connectivity index (χ3n) is 2.91. The second-order valence-electron chi connectivity index (χ2n) is 5.04. The molecule has 0 spiro atoms. The van der Waals surface area contributed by atoms with Gasteiger partial charge in [-0.1, -0.05) is 24.3 Å². The van der Waals surface area contributed by atoms with Crippen molar-refractivity contribution in [1.82, 2.24) is 0 Å². The molecule has 18 heavy (non-hydrogen) atoms. The van der Waals surface area contributed by atoms with Gasteiger partial charge in [0.1, 0.15) is 6.61 Å². The summed E-state index contributed by atoms with van der Waals surface area (Å²) in [6.07, 6.45) is 0. The van der Waals surface area contributed by atoms with Crippen molar-refractivity contribution in [1.29, 1.82) is 0 Å². The lowest BCUT2D eigenvalue weighted by molar-refractivity contribution is 0.279. The summed E-state index contributed by atoms with van der Waals surface area (Å²) in [5.41, 5.74) is 2.17. The molecule has 2 aromatic rings. The smallest absolute Gasteiger partial charge is 0.217 e. The lowest BCUT2D eigenvalue weighted by atomic mass is 10.1. The molecule has 0 fully saturated rings. The Kier molecular flexibility index (Phi) is 2.71. The van der Waals surface area contributed by atoms with Crippen LogP contribution in [0.3, 0.4) is 0 Å². The fourth-order valence-corrected chi connectivity index (χ4v) is 2.80. The van der Waals surface area contributed by atoms with Gasteiger partial charge in [-0.3, -0.25) is 0 Å². The van der Waals surface area contributed by atoms with Crippen molar-refractivity contribution < 1.29 is 4.74 Å². The van der Waals surface area contributed by atoms with Crippen molar-refractivity contribution in [3.8, 4) is 10.4 Å². The fraction of sp³-hybridized carbons (Fsp3) is 0.267. The van der Waals surface area contributed by atoms with E-state index in [1.54, 1.807) is 11.3 Å². The van der Waals surface area contributed by atoms with Crippen LogP contribution in [0.15, 0.2) is 46.8 Å². The van der Waals surface area contributed by atoms with Gasteiger partial charge in [-0.05, 0) is 31.4 Å². The Labute approximate surface area is 111 Å². The molecule has 0 radical (unpaired) electrons. The van der Waals surface area contributed by atoms with Gasteiger partial charge in [-0.15, -0.1) is 11.3 Å². The molecule has 0 unspecified atom stereocenters. The number of thiophene rings is 1. The lowest BCUT2D eigenvalue weighted by Crippen LogP contribution is -2.17. The van der Waals surface area contributed by atoms with Gasteiger partial charge in [-0.25, -0.2) is 4.99 Å². The maximum Gasteiger partial charge on any atom is 0.217 e. The van der Waals surface area contributed by atoms with Gasteiger partial charge in [0.05, 0.1) is 5.54 Å². The molecule has 0 saturated heterocycles. The normalized spacial score (nSPS) is 17.3. The Balaban J connectivity index is 2.09. The van der Waals surface area contributed by atoms with E-state index in [1.165, 1.54) is 10.4 Å². The maximum atomic E-state index is 5.75. The Hall–Kier alpha value is -1.61. The van der Waals surface area contributed by atoms with Crippen LogP contribution in [0.5, 0.6) is 0 Å². The van der Waals surface area contributed by atoms with Crippen molar-refractivity contribution in [2.75, 3.05) is 6.61 Å². The fourth-order valence-electron chi connectivity index (χ4n) is 2.04. The molecule has 0 aliphatic carbocycles. The molecule has 2 heterocycles. The van der Waals surface area contributed by atoms with Gasteiger partial charge in [0.2, 0.25) is 5.90 Å². The predicted octanol–water partition coefficient (Wildman–Crippen LogP) is 3.97. The first-order chi connectivity index (χ1) is 8.66. The maximum absolute atomic E-state index is 5.75. The van der Waals surface area contributed by atoms with Crippen LogP contribution in [0.4, 0.5) is 0 Å². The van der Waals surface area contributed by atoms with Crippen LogP contribution in [0.1, 0.15) is 19.4 Å². The number of ether oxygens (including phenoxy) is 1. The molecule has 3 rings (SSSR count). The van der Waals surface area contributed by atoms with E-state index in [2.05, 4.69) is 54.6 Å². The molecule has 92 valence electrons. The molecule has 0 saturated carbocycles. The summed E-state index contributed by atoms with van der Waals surface area (Å²) in [6, 6.07) is 12.5. The quantitative estimate of drug-likeness (QED) is 0.797. The predicted molar refractivity (Wildman–Crippen MR) is 76.3 cm³/mol. The molecule has 0 amide bonds. The van der Waals surface area contributed by atoms with E-state index in [-0.39, 0.29) is 5.54 Å². The van der Waals surface area contributed by atoms with Gasteiger partial charge in [0.15, 0.2) is 0 Å². The monoisotopic (exact) mass is 257 g/mol. The molecule has 0 N–H and O–H groups in total. The molecule has 3 heteroatoms. The van der Waals surface area contributed by atoms with Crippen LogP contribution in [0, 0.1) is 0 Å². The van der Waals surface area contributed by atoms with Crippen LogP contribution in [-0.4, -0.2) is 18.0 Å². The molecule has 1 aliphatic rings. The van der Waals surface area contributed by atoms with Crippen molar-refractivity contribution in [2.24, 2.45) is 4.99 Å². The zero-order valence-corrected chi connectivity index (χ0v) is 11.3. The van der Waals surface area contributed by atoms with Crippen LogP contribution >= 0.6 is 11.3 Å². The molecular formula is C15H15NOS. The highest BCUT2D eigenvalue weighted by atomic mass is 32.1. The summed E-state index contributed by atoms with van der Waals surface area (Å²) in [6.45, 7) is 4.84. The Morgan fingerprint density at radius 1 is 1.11 bits per heavy atom. The van der Waals surface area contributed by atoms with Crippen molar-refractivity contribution >= 4 is 17.2 Å². The zero-order chi connectivity index (χ0) is 12.6. The van der Waals surface area contributed by atoms with Crippen LogP contribution in [0.25, 0.3) is 10.4 Å². The number of nitrogens with zero attached hydrogens (tertiary/aromatic N) is 1. The standard InChI is InChI=1S/C15H15NOS/c1-15(2)10-17-14(16-15)12-7-4-3-6-11(12)13-8-5-9-18-13/h3-9H,10H2,1-2H3. The first-order valence-corrected chi connectivity index (χ1v) is 6.90. The number of hydrogen-bond acceptors (Lipinski definition) is 3. The Bertz CT molecular complexity index is 584. The van der Waals surface area contributed by atoms with Gasteiger partial charge >= 0.3 is 0 Å².